The third kappa shape index (κ3) is 2.14. The molecule has 0 atom stereocenters. The van der Waals surface area contributed by atoms with Gasteiger partial charge in [0.25, 0.3) is 5.89 Å². The summed E-state index contributed by atoms with van der Waals surface area (Å²) in [5.74, 6) is 3.07. The minimum absolute atomic E-state index is 0.415. The van der Waals surface area contributed by atoms with E-state index in [4.69, 9.17) is 14.0 Å². The minimum Gasteiger partial charge on any atom is -0.486 e. The highest BCUT2D eigenvalue weighted by Gasteiger charge is 2.30. The van der Waals surface area contributed by atoms with Crippen LogP contribution < -0.4 is 9.47 Å². The van der Waals surface area contributed by atoms with Gasteiger partial charge in [0.05, 0.1) is 11.4 Å². The van der Waals surface area contributed by atoms with E-state index in [0.29, 0.717) is 36.5 Å². The molecule has 24 heavy (non-hydrogen) atoms. The van der Waals surface area contributed by atoms with E-state index in [-0.39, 0.29) is 0 Å². The Balaban J connectivity index is 1.51. The predicted molar refractivity (Wildman–Crippen MR) is 82.4 cm³/mol. The van der Waals surface area contributed by atoms with Gasteiger partial charge in [-0.05, 0) is 31.9 Å². The zero-order valence-electron chi connectivity index (χ0n) is 13.1. The summed E-state index contributed by atoms with van der Waals surface area (Å²) in [6, 6.07) is 5.69. The fraction of sp³-hybridized carbons (Fsp3) is 0.375. The Bertz CT molecular complexity index is 912. The summed E-state index contributed by atoms with van der Waals surface area (Å²) in [5.41, 5.74) is 2.28. The fourth-order valence-corrected chi connectivity index (χ4v) is 2.77. The van der Waals surface area contributed by atoms with E-state index < -0.39 is 0 Å². The first-order valence-electron chi connectivity index (χ1n) is 7.96. The molecule has 0 N–H and O–H groups in total. The van der Waals surface area contributed by atoms with Gasteiger partial charge < -0.3 is 14.0 Å². The van der Waals surface area contributed by atoms with Crippen molar-refractivity contribution in [2.45, 2.75) is 25.7 Å². The van der Waals surface area contributed by atoms with Crippen LogP contribution in [0.15, 0.2) is 22.7 Å². The second-order valence-electron chi connectivity index (χ2n) is 6.00. The second-order valence-corrected chi connectivity index (χ2v) is 6.00. The van der Waals surface area contributed by atoms with Crippen molar-refractivity contribution >= 4 is 0 Å². The van der Waals surface area contributed by atoms with Crippen LogP contribution in [-0.4, -0.2) is 38.3 Å². The third-order valence-corrected chi connectivity index (χ3v) is 4.25. The van der Waals surface area contributed by atoms with Gasteiger partial charge in [0.2, 0.25) is 0 Å². The van der Waals surface area contributed by atoms with Crippen LogP contribution in [0, 0.1) is 6.92 Å². The molecule has 0 amide bonds. The second kappa shape index (κ2) is 5.05. The zero-order chi connectivity index (χ0) is 16.1. The van der Waals surface area contributed by atoms with Crippen molar-refractivity contribution in [3.8, 4) is 28.8 Å². The number of hydrogen-bond acceptors (Lipinski definition) is 7. The van der Waals surface area contributed by atoms with Crippen LogP contribution in [0.3, 0.4) is 0 Å². The molecule has 8 heteroatoms. The highest BCUT2D eigenvalue weighted by molar-refractivity contribution is 5.54. The average molecular weight is 325 g/mol. The van der Waals surface area contributed by atoms with Gasteiger partial charge >= 0.3 is 0 Å². The van der Waals surface area contributed by atoms with Gasteiger partial charge in [-0.25, -0.2) is 4.68 Å². The Morgan fingerprint density at radius 1 is 1.12 bits per heavy atom. The molecule has 2 aromatic heterocycles. The third-order valence-electron chi connectivity index (χ3n) is 4.25. The number of rotatable bonds is 3. The van der Waals surface area contributed by atoms with Crippen LogP contribution in [0.25, 0.3) is 17.3 Å². The number of hydrogen-bond donors (Lipinski definition) is 0. The Labute approximate surface area is 137 Å². The zero-order valence-corrected chi connectivity index (χ0v) is 13.1. The maximum atomic E-state index is 5.63. The molecular formula is C16H15N5O3. The molecule has 0 bridgehead atoms. The molecular weight excluding hydrogens is 310 g/mol. The van der Waals surface area contributed by atoms with Crippen molar-refractivity contribution in [2.75, 3.05) is 13.2 Å². The molecule has 1 aromatic carbocycles. The standard InChI is InChI=1S/C16H15N5O3/c1-9-14(16-17-15(19-24-16)10-2-3-10)18-20-21(9)11-4-5-12-13(8-11)23-7-6-22-12/h4-5,8,10H,2-3,6-7H2,1H3. The predicted octanol–water partition coefficient (Wildman–Crippen LogP) is 2.27. The molecule has 2 aliphatic rings. The van der Waals surface area contributed by atoms with Gasteiger partial charge in [-0.3, -0.25) is 0 Å². The first kappa shape index (κ1) is 13.5. The maximum Gasteiger partial charge on any atom is 0.280 e. The first-order valence-corrected chi connectivity index (χ1v) is 7.96. The number of fused-ring (bicyclic) bond motifs is 1. The van der Waals surface area contributed by atoms with E-state index in [1.165, 1.54) is 0 Å². The lowest BCUT2D eigenvalue weighted by atomic mass is 10.2. The van der Waals surface area contributed by atoms with Crippen LogP contribution >= 0.6 is 0 Å². The van der Waals surface area contributed by atoms with E-state index in [2.05, 4.69) is 20.5 Å². The van der Waals surface area contributed by atoms with Gasteiger partial charge in [-0.2, -0.15) is 4.98 Å². The van der Waals surface area contributed by atoms with Crippen molar-refractivity contribution in [3.05, 3.63) is 29.7 Å². The maximum absolute atomic E-state index is 5.63. The molecule has 5 rings (SSSR count). The van der Waals surface area contributed by atoms with Crippen LogP contribution in [-0.2, 0) is 0 Å². The van der Waals surface area contributed by atoms with Gasteiger partial charge in [0.1, 0.15) is 13.2 Å². The van der Waals surface area contributed by atoms with Gasteiger partial charge in [-0.1, -0.05) is 10.4 Å². The van der Waals surface area contributed by atoms with E-state index in [1.54, 1.807) is 4.68 Å². The molecule has 0 spiro atoms. The number of nitrogens with zero attached hydrogens (tertiary/aromatic N) is 5. The normalized spacial score (nSPS) is 16.4. The van der Waals surface area contributed by atoms with Crippen LogP contribution in [0.4, 0.5) is 0 Å². The number of ether oxygens (including phenoxy) is 2. The summed E-state index contributed by atoms with van der Waals surface area (Å²) in [4.78, 5) is 4.44. The largest absolute Gasteiger partial charge is 0.486 e. The Morgan fingerprint density at radius 3 is 2.79 bits per heavy atom. The highest BCUT2D eigenvalue weighted by atomic mass is 16.6. The quantitative estimate of drug-likeness (QED) is 0.730. The topological polar surface area (TPSA) is 88.1 Å². The average Bonchev–Trinajstić information content (AvgIpc) is 3.23. The summed E-state index contributed by atoms with van der Waals surface area (Å²) in [7, 11) is 0. The summed E-state index contributed by atoms with van der Waals surface area (Å²) in [6.07, 6.45) is 2.25. The molecule has 0 radical (unpaired) electrons. The highest BCUT2D eigenvalue weighted by Crippen LogP contribution is 2.39. The van der Waals surface area contributed by atoms with Gasteiger partial charge in [0, 0.05) is 12.0 Å². The van der Waals surface area contributed by atoms with E-state index >= 15 is 0 Å². The van der Waals surface area contributed by atoms with Crippen molar-refractivity contribution in [1.82, 2.24) is 25.1 Å². The first-order chi connectivity index (χ1) is 11.8. The monoisotopic (exact) mass is 325 g/mol. The van der Waals surface area contributed by atoms with Crippen LogP contribution in [0.2, 0.25) is 0 Å². The summed E-state index contributed by atoms with van der Waals surface area (Å²) < 4.78 is 18.3. The lowest BCUT2D eigenvalue weighted by Crippen LogP contribution is -2.15. The van der Waals surface area contributed by atoms with Crippen LogP contribution in [0.1, 0.15) is 30.3 Å². The van der Waals surface area contributed by atoms with Crippen molar-refractivity contribution in [3.63, 3.8) is 0 Å². The molecule has 8 nitrogen and oxygen atoms in total. The smallest absolute Gasteiger partial charge is 0.280 e. The summed E-state index contributed by atoms with van der Waals surface area (Å²) in [5, 5.41) is 12.5. The number of aromatic nitrogens is 5. The lowest BCUT2D eigenvalue weighted by Gasteiger charge is -2.18. The molecule has 1 aliphatic carbocycles. The minimum atomic E-state index is 0.415. The molecule has 1 aliphatic heterocycles. The van der Waals surface area contributed by atoms with E-state index in [0.717, 1.165) is 35.8 Å². The van der Waals surface area contributed by atoms with E-state index in [9.17, 15) is 0 Å². The van der Waals surface area contributed by atoms with Crippen molar-refractivity contribution < 1.29 is 14.0 Å². The molecule has 3 aromatic rings. The molecule has 1 fully saturated rings. The Morgan fingerprint density at radius 2 is 1.96 bits per heavy atom. The van der Waals surface area contributed by atoms with Gasteiger partial charge in [0.15, 0.2) is 23.0 Å². The molecule has 1 saturated carbocycles. The van der Waals surface area contributed by atoms with Crippen LogP contribution in [0.5, 0.6) is 11.5 Å². The van der Waals surface area contributed by atoms with Crippen molar-refractivity contribution in [1.29, 1.82) is 0 Å². The molecule has 0 unspecified atom stereocenters. The summed E-state index contributed by atoms with van der Waals surface area (Å²) >= 11 is 0. The molecule has 3 heterocycles. The SMILES string of the molecule is Cc1c(-c2nc(C3CC3)no2)nnn1-c1ccc2c(c1)OCCO2. The van der Waals surface area contributed by atoms with Gasteiger partial charge in [-0.15, -0.1) is 5.10 Å². The lowest BCUT2D eigenvalue weighted by molar-refractivity contribution is 0.171. The molecule has 0 saturated heterocycles. The summed E-state index contributed by atoms with van der Waals surface area (Å²) in [6.45, 7) is 3.04. The number of benzene rings is 1. The Hall–Kier alpha value is -2.90. The Kier molecular flexibility index (Phi) is 2.85. The van der Waals surface area contributed by atoms with Crippen molar-refractivity contribution in [2.24, 2.45) is 0 Å². The van der Waals surface area contributed by atoms with E-state index in [1.807, 2.05) is 25.1 Å². The molecule has 122 valence electrons. The fourth-order valence-electron chi connectivity index (χ4n) is 2.77.